The molecule has 5 fully saturated rings. The van der Waals surface area contributed by atoms with Crippen molar-refractivity contribution in [1.29, 1.82) is 0 Å². The third-order valence-corrected chi connectivity index (χ3v) is 7.64. The summed E-state index contributed by atoms with van der Waals surface area (Å²) in [6.45, 7) is 4.88. The zero-order chi connectivity index (χ0) is 19.3. The number of primary amides is 1. The van der Waals surface area contributed by atoms with Crippen molar-refractivity contribution in [1.82, 2.24) is 10.2 Å². The minimum absolute atomic E-state index is 0.0167. The van der Waals surface area contributed by atoms with Crippen LogP contribution in [0.25, 0.3) is 0 Å². The Hall–Kier alpha value is -1.59. The zero-order valence-electron chi connectivity index (χ0n) is 16.6. The van der Waals surface area contributed by atoms with E-state index < -0.39 is 6.04 Å². The van der Waals surface area contributed by atoms with Crippen LogP contribution in [-0.2, 0) is 14.4 Å². The fourth-order valence-electron chi connectivity index (χ4n) is 6.59. The molecule has 3 amide bonds. The highest BCUT2D eigenvalue weighted by molar-refractivity contribution is 5.91. The van der Waals surface area contributed by atoms with E-state index in [0.29, 0.717) is 37.3 Å². The number of amides is 3. The lowest BCUT2D eigenvalue weighted by Gasteiger charge is -2.56. The van der Waals surface area contributed by atoms with E-state index >= 15 is 0 Å². The van der Waals surface area contributed by atoms with E-state index in [4.69, 9.17) is 5.73 Å². The maximum atomic E-state index is 13.3. The van der Waals surface area contributed by atoms with Crippen molar-refractivity contribution >= 4 is 17.7 Å². The van der Waals surface area contributed by atoms with Crippen LogP contribution in [0.3, 0.4) is 0 Å². The molecule has 3 N–H and O–H groups in total. The average molecular weight is 376 g/mol. The molecule has 1 aliphatic heterocycles. The molecule has 4 aliphatic carbocycles. The van der Waals surface area contributed by atoms with E-state index in [1.54, 1.807) is 4.90 Å². The average Bonchev–Trinajstić information content (AvgIpc) is 3.07. The number of nitrogens with zero attached hydrogens (tertiary/aromatic N) is 1. The SMILES string of the molecule is CC(C)[C@@H](NC(=O)C12CC3CC(CC(C3)C1)C2)C(=O)N1CC[C@H](C(N)=O)C1. The summed E-state index contributed by atoms with van der Waals surface area (Å²) in [5.74, 6) is 1.54. The van der Waals surface area contributed by atoms with Crippen molar-refractivity contribution in [2.24, 2.45) is 40.7 Å². The Balaban J connectivity index is 1.45. The Morgan fingerprint density at radius 2 is 1.59 bits per heavy atom. The quantitative estimate of drug-likeness (QED) is 0.766. The van der Waals surface area contributed by atoms with Gasteiger partial charge in [0.15, 0.2) is 0 Å². The first-order valence-corrected chi connectivity index (χ1v) is 10.7. The van der Waals surface area contributed by atoms with Gasteiger partial charge in [-0.3, -0.25) is 14.4 Å². The van der Waals surface area contributed by atoms with Crippen molar-refractivity contribution in [2.45, 2.75) is 64.8 Å². The number of nitrogens with one attached hydrogen (secondary N) is 1. The van der Waals surface area contributed by atoms with Crippen LogP contribution in [0.15, 0.2) is 0 Å². The highest BCUT2D eigenvalue weighted by Gasteiger charge is 2.55. The van der Waals surface area contributed by atoms with Crippen LogP contribution in [0.4, 0.5) is 0 Å². The van der Waals surface area contributed by atoms with Gasteiger partial charge in [0.2, 0.25) is 17.7 Å². The summed E-state index contributed by atoms with van der Waals surface area (Å²) >= 11 is 0. The standard InChI is InChI=1S/C21H33N3O3/c1-12(2)17(19(26)24-4-3-16(11-24)18(22)25)23-20(27)21-8-13-5-14(9-21)7-15(6-13)10-21/h12-17H,3-11H2,1-2H3,(H2,22,25)(H,23,27)/t13?,14?,15?,16-,17+,21?/m0/s1. The van der Waals surface area contributed by atoms with Gasteiger partial charge in [-0.2, -0.15) is 0 Å². The first kappa shape index (κ1) is 18.8. The Kier molecular flexibility index (Phi) is 4.71. The fourth-order valence-corrected chi connectivity index (χ4v) is 6.59. The molecule has 0 unspecified atom stereocenters. The highest BCUT2D eigenvalue weighted by Crippen LogP contribution is 2.60. The van der Waals surface area contributed by atoms with Crippen LogP contribution >= 0.6 is 0 Å². The molecular weight excluding hydrogens is 342 g/mol. The van der Waals surface area contributed by atoms with Crippen molar-refractivity contribution in [3.63, 3.8) is 0 Å². The summed E-state index contributed by atoms with van der Waals surface area (Å²) in [5, 5.41) is 3.15. The van der Waals surface area contributed by atoms with E-state index in [1.165, 1.54) is 19.3 Å². The molecule has 0 radical (unpaired) electrons. The summed E-state index contributed by atoms with van der Waals surface area (Å²) < 4.78 is 0. The lowest BCUT2D eigenvalue weighted by Crippen LogP contribution is -2.58. The van der Waals surface area contributed by atoms with Gasteiger partial charge in [0, 0.05) is 18.5 Å². The molecule has 5 rings (SSSR count). The Morgan fingerprint density at radius 3 is 2.04 bits per heavy atom. The first-order valence-electron chi connectivity index (χ1n) is 10.7. The van der Waals surface area contributed by atoms with Crippen LogP contribution in [0, 0.1) is 35.0 Å². The van der Waals surface area contributed by atoms with E-state index in [-0.39, 0.29) is 35.0 Å². The Labute approximate surface area is 161 Å². The molecule has 0 aromatic heterocycles. The van der Waals surface area contributed by atoms with Crippen LogP contribution in [0.1, 0.15) is 58.8 Å². The lowest BCUT2D eigenvalue weighted by atomic mass is 9.49. The van der Waals surface area contributed by atoms with Crippen LogP contribution in [0.5, 0.6) is 0 Å². The van der Waals surface area contributed by atoms with E-state index in [9.17, 15) is 14.4 Å². The largest absolute Gasteiger partial charge is 0.369 e. The molecule has 4 saturated carbocycles. The number of carbonyl (C=O) groups excluding carboxylic acids is 3. The molecule has 6 heteroatoms. The predicted octanol–water partition coefficient (Wildman–Crippen LogP) is 1.68. The molecule has 5 aliphatic rings. The maximum absolute atomic E-state index is 13.3. The number of nitrogens with two attached hydrogens (primary N) is 1. The Bertz CT molecular complexity index is 609. The third-order valence-electron chi connectivity index (χ3n) is 7.64. The maximum Gasteiger partial charge on any atom is 0.245 e. The van der Waals surface area contributed by atoms with Gasteiger partial charge in [-0.15, -0.1) is 0 Å². The van der Waals surface area contributed by atoms with Crippen molar-refractivity contribution < 1.29 is 14.4 Å². The zero-order valence-corrected chi connectivity index (χ0v) is 16.6. The molecular formula is C21H33N3O3. The van der Waals surface area contributed by atoms with Crippen LogP contribution in [0.2, 0.25) is 0 Å². The van der Waals surface area contributed by atoms with Gasteiger partial charge >= 0.3 is 0 Å². The molecule has 0 aromatic rings. The highest BCUT2D eigenvalue weighted by atomic mass is 16.2. The number of hydrogen-bond donors (Lipinski definition) is 2. The fraction of sp³-hybridized carbons (Fsp3) is 0.857. The number of carbonyl (C=O) groups is 3. The number of hydrogen-bond acceptors (Lipinski definition) is 3. The summed E-state index contributed by atoms with van der Waals surface area (Å²) in [6.07, 6.45) is 7.49. The van der Waals surface area contributed by atoms with E-state index in [0.717, 1.165) is 19.3 Å². The molecule has 150 valence electrons. The number of rotatable bonds is 5. The van der Waals surface area contributed by atoms with E-state index in [1.807, 2.05) is 13.8 Å². The molecule has 1 heterocycles. The van der Waals surface area contributed by atoms with Gasteiger partial charge < -0.3 is 16.0 Å². The molecule has 0 spiro atoms. The monoisotopic (exact) mass is 375 g/mol. The van der Waals surface area contributed by atoms with Gasteiger partial charge in [-0.05, 0) is 68.6 Å². The van der Waals surface area contributed by atoms with Crippen molar-refractivity contribution in [3.05, 3.63) is 0 Å². The minimum atomic E-state index is -0.517. The van der Waals surface area contributed by atoms with Crippen molar-refractivity contribution in [3.8, 4) is 0 Å². The summed E-state index contributed by atoms with van der Waals surface area (Å²) in [7, 11) is 0. The molecule has 27 heavy (non-hydrogen) atoms. The molecule has 0 aromatic carbocycles. The summed E-state index contributed by atoms with van der Waals surface area (Å²) in [6, 6.07) is -0.517. The summed E-state index contributed by atoms with van der Waals surface area (Å²) in [4.78, 5) is 39.6. The molecule has 6 nitrogen and oxygen atoms in total. The summed E-state index contributed by atoms with van der Waals surface area (Å²) in [5.41, 5.74) is 5.15. The van der Waals surface area contributed by atoms with Crippen molar-refractivity contribution in [2.75, 3.05) is 13.1 Å². The second kappa shape index (κ2) is 6.78. The van der Waals surface area contributed by atoms with E-state index in [2.05, 4.69) is 5.32 Å². The van der Waals surface area contributed by atoms with Gasteiger partial charge in [0.05, 0.1) is 5.92 Å². The number of likely N-dealkylation sites (tertiary alicyclic amines) is 1. The second-order valence-electron chi connectivity index (χ2n) is 10.1. The van der Waals surface area contributed by atoms with Crippen LogP contribution in [-0.4, -0.2) is 41.8 Å². The van der Waals surface area contributed by atoms with Crippen LogP contribution < -0.4 is 11.1 Å². The minimum Gasteiger partial charge on any atom is -0.369 e. The smallest absolute Gasteiger partial charge is 0.245 e. The first-order chi connectivity index (χ1) is 12.8. The predicted molar refractivity (Wildman–Crippen MR) is 101 cm³/mol. The van der Waals surface area contributed by atoms with Gasteiger partial charge in [-0.1, -0.05) is 13.8 Å². The molecule has 1 saturated heterocycles. The van der Waals surface area contributed by atoms with Gasteiger partial charge in [-0.25, -0.2) is 0 Å². The normalized spacial score (nSPS) is 38.3. The Morgan fingerprint density at radius 1 is 1.04 bits per heavy atom. The second-order valence-corrected chi connectivity index (χ2v) is 10.1. The molecule has 2 atom stereocenters. The lowest BCUT2D eigenvalue weighted by molar-refractivity contribution is -0.150. The molecule has 4 bridgehead atoms. The van der Waals surface area contributed by atoms with Gasteiger partial charge in [0.1, 0.15) is 6.04 Å². The third kappa shape index (κ3) is 3.36. The van der Waals surface area contributed by atoms with Gasteiger partial charge in [0.25, 0.3) is 0 Å². The topological polar surface area (TPSA) is 92.5 Å².